The summed E-state index contributed by atoms with van der Waals surface area (Å²) in [6.07, 6.45) is 1.03. The van der Waals surface area contributed by atoms with E-state index < -0.39 is 0 Å². The standard InChI is InChI=1S/C15H13N3S/c16-10-5-3-6-11-14(10)18-15(17-11)13-8-9-4-1-2-7-12(9)19-13/h1-7,13H,8,16H2,(H,17,18). The Bertz CT molecular complexity index is 738. The molecule has 0 aliphatic carbocycles. The summed E-state index contributed by atoms with van der Waals surface area (Å²) >= 11 is 1.88. The molecule has 4 heteroatoms. The lowest BCUT2D eigenvalue weighted by atomic mass is 10.1. The highest BCUT2D eigenvalue weighted by atomic mass is 32.2. The van der Waals surface area contributed by atoms with E-state index >= 15 is 0 Å². The highest BCUT2D eigenvalue weighted by Gasteiger charge is 2.25. The van der Waals surface area contributed by atoms with Gasteiger partial charge in [0.1, 0.15) is 11.3 Å². The van der Waals surface area contributed by atoms with E-state index in [0.717, 1.165) is 29.0 Å². The van der Waals surface area contributed by atoms with Gasteiger partial charge in [-0.2, -0.15) is 0 Å². The van der Waals surface area contributed by atoms with Gasteiger partial charge < -0.3 is 10.7 Å². The van der Waals surface area contributed by atoms with Crippen LogP contribution in [0.4, 0.5) is 5.69 Å². The molecular formula is C15H13N3S. The first-order chi connectivity index (χ1) is 9.31. The number of thioether (sulfide) groups is 1. The number of anilines is 1. The van der Waals surface area contributed by atoms with Crippen molar-refractivity contribution in [2.24, 2.45) is 0 Å². The topological polar surface area (TPSA) is 54.7 Å². The van der Waals surface area contributed by atoms with Crippen molar-refractivity contribution in [1.82, 2.24) is 9.97 Å². The average Bonchev–Trinajstić information content (AvgIpc) is 3.02. The molecule has 1 atom stereocenters. The van der Waals surface area contributed by atoms with Gasteiger partial charge in [0.05, 0.1) is 16.5 Å². The maximum Gasteiger partial charge on any atom is 0.121 e. The zero-order valence-corrected chi connectivity index (χ0v) is 11.1. The van der Waals surface area contributed by atoms with Crippen LogP contribution in [0, 0.1) is 0 Å². The van der Waals surface area contributed by atoms with Gasteiger partial charge in [-0.1, -0.05) is 24.3 Å². The van der Waals surface area contributed by atoms with Gasteiger partial charge in [0, 0.05) is 4.90 Å². The number of aromatic amines is 1. The molecule has 2 heterocycles. The SMILES string of the molecule is Nc1cccc2[nH]c(C3Cc4ccccc4S3)nc12. The maximum atomic E-state index is 5.96. The van der Waals surface area contributed by atoms with Crippen molar-refractivity contribution in [2.75, 3.05) is 5.73 Å². The highest BCUT2D eigenvalue weighted by molar-refractivity contribution is 7.99. The van der Waals surface area contributed by atoms with E-state index in [4.69, 9.17) is 5.73 Å². The Morgan fingerprint density at radius 2 is 2.05 bits per heavy atom. The van der Waals surface area contributed by atoms with Gasteiger partial charge in [0.25, 0.3) is 0 Å². The number of aromatic nitrogens is 2. The van der Waals surface area contributed by atoms with Crippen LogP contribution in [-0.2, 0) is 6.42 Å². The minimum Gasteiger partial charge on any atom is -0.397 e. The number of nitrogens with one attached hydrogen (secondary N) is 1. The molecule has 0 bridgehead atoms. The summed E-state index contributed by atoms with van der Waals surface area (Å²) in [5, 5.41) is 0.365. The minimum atomic E-state index is 0.365. The van der Waals surface area contributed by atoms with E-state index in [9.17, 15) is 0 Å². The number of H-pyrrole nitrogens is 1. The molecule has 0 fully saturated rings. The van der Waals surface area contributed by atoms with Crippen molar-refractivity contribution >= 4 is 28.5 Å². The Morgan fingerprint density at radius 3 is 2.89 bits per heavy atom. The Morgan fingerprint density at radius 1 is 1.16 bits per heavy atom. The smallest absolute Gasteiger partial charge is 0.121 e. The zero-order valence-electron chi connectivity index (χ0n) is 10.3. The first-order valence-corrected chi connectivity index (χ1v) is 7.18. The minimum absolute atomic E-state index is 0.365. The molecule has 3 nitrogen and oxygen atoms in total. The van der Waals surface area contributed by atoms with Crippen LogP contribution in [0.5, 0.6) is 0 Å². The molecule has 0 spiro atoms. The molecule has 94 valence electrons. The number of nitrogen functional groups attached to an aromatic ring is 1. The molecular weight excluding hydrogens is 254 g/mol. The fraction of sp³-hybridized carbons (Fsp3) is 0.133. The zero-order chi connectivity index (χ0) is 12.8. The predicted octanol–water partition coefficient (Wildman–Crippen LogP) is 3.53. The molecule has 1 aliphatic rings. The second-order valence-corrected chi connectivity index (χ2v) is 6.03. The van der Waals surface area contributed by atoms with Gasteiger partial charge in [0.2, 0.25) is 0 Å². The van der Waals surface area contributed by atoms with Crippen molar-refractivity contribution in [3.63, 3.8) is 0 Å². The third-order valence-electron chi connectivity index (χ3n) is 3.51. The fourth-order valence-electron chi connectivity index (χ4n) is 2.56. The maximum absolute atomic E-state index is 5.96. The fourth-order valence-corrected chi connectivity index (χ4v) is 3.81. The number of imidazole rings is 1. The first-order valence-electron chi connectivity index (χ1n) is 6.30. The normalized spacial score (nSPS) is 17.8. The Hall–Kier alpha value is -1.94. The van der Waals surface area contributed by atoms with Crippen molar-refractivity contribution in [1.29, 1.82) is 0 Å². The van der Waals surface area contributed by atoms with E-state index in [2.05, 4.69) is 34.2 Å². The largest absolute Gasteiger partial charge is 0.397 e. The van der Waals surface area contributed by atoms with Crippen LogP contribution in [0.25, 0.3) is 11.0 Å². The predicted molar refractivity (Wildman–Crippen MR) is 79.3 cm³/mol. The van der Waals surface area contributed by atoms with Gasteiger partial charge in [-0.25, -0.2) is 4.98 Å². The summed E-state index contributed by atoms with van der Waals surface area (Å²) in [6, 6.07) is 14.4. The van der Waals surface area contributed by atoms with Crippen molar-refractivity contribution < 1.29 is 0 Å². The van der Waals surface area contributed by atoms with Crippen LogP contribution in [0.1, 0.15) is 16.6 Å². The van der Waals surface area contributed by atoms with Crippen LogP contribution >= 0.6 is 11.8 Å². The third-order valence-corrected chi connectivity index (χ3v) is 4.84. The number of fused-ring (bicyclic) bond motifs is 2. The van der Waals surface area contributed by atoms with E-state index in [1.54, 1.807) is 0 Å². The molecule has 3 aromatic rings. The van der Waals surface area contributed by atoms with Crippen LogP contribution in [0.15, 0.2) is 47.4 Å². The quantitative estimate of drug-likeness (QED) is 0.663. The van der Waals surface area contributed by atoms with Crippen molar-refractivity contribution in [3.05, 3.63) is 53.9 Å². The Kier molecular flexibility index (Phi) is 2.32. The number of hydrogen-bond acceptors (Lipinski definition) is 3. The Balaban J connectivity index is 1.75. The molecule has 19 heavy (non-hydrogen) atoms. The van der Waals surface area contributed by atoms with Crippen LogP contribution < -0.4 is 5.73 Å². The highest BCUT2D eigenvalue weighted by Crippen LogP contribution is 2.45. The van der Waals surface area contributed by atoms with Gasteiger partial charge in [-0.3, -0.25) is 0 Å². The van der Waals surface area contributed by atoms with Crippen molar-refractivity contribution in [2.45, 2.75) is 16.6 Å². The summed E-state index contributed by atoms with van der Waals surface area (Å²) in [7, 11) is 0. The van der Waals surface area contributed by atoms with Gasteiger partial charge in [-0.15, -0.1) is 11.8 Å². The lowest BCUT2D eigenvalue weighted by Gasteiger charge is -2.02. The number of benzene rings is 2. The van der Waals surface area contributed by atoms with Crippen LogP contribution in [0.2, 0.25) is 0 Å². The van der Waals surface area contributed by atoms with E-state index in [0.29, 0.717) is 5.25 Å². The van der Waals surface area contributed by atoms with E-state index in [1.165, 1.54) is 10.5 Å². The molecule has 0 saturated heterocycles. The van der Waals surface area contributed by atoms with Crippen LogP contribution in [0.3, 0.4) is 0 Å². The average molecular weight is 267 g/mol. The molecule has 1 aliphatic heterocycles. The monoisotopic (exact) mass is 267 g/mol. The molecule has 0 radical (unpaired) electrons. The number of nitrogens with two attached hydrogens (primary N) is 1. The second kappa shape index (κ2) is 4.03. The molecule has 2 aromatic carbocycles. The van der Waals surface area contributed by atoms with Crippen molar-refractivity contribution in [3.8, 4) is 0 Å². The number of rotatable bonds is 1. The number of hydrogen-bond donors (Lipinski definition) is 2. The number of para-hydroxylation sites is 1. The molecule has 4 rings (SSSR count). The van der Waals surface area contributed by atoms with E-state index in [-0.39, 0.29) is 0 Å². The van der Waals surface area contributed by atoms with Gasteiger partial charge in [0.15, 0.2) is 0 Å². The summed E-state index contributed by atoms with van der Waals surface area (Å²) in [6.45, 7) is 0. The van der Waals surface area contributed by atoms with Crippen LogP contribution in [-0.4, -0.2) is 9.97 Å². The van der Waals surface area contributed by atoms with Gasteiger partial charge >= 0.3 is 0 Å². The molecule has 3 N–H and O–H groups in total. The molecule has 0 amide bonds. The third kappa shape index (κ3) is 1.71. The lowest BCUT2D eigenvalue weighted by molar-refractivity contribution is 0.881. The number of nitrogens with zero attached hydrogens (tertiary/aromatic N) is 1. The van der Waals surface area contributed by atoms with E-state index in [1.807, 2.05) is 30.0 Å². The second-order valence-electron chi connectivity index (χ2n) is 4.78. The lowest BCUT2D eigenvalue weighted by Crippen LogP contribution is -1.94. The van der Waals surface area contributed by atoms with Gasteiger partial charge in [-0.05, 0) is 30.2 Å². The molecule has 0 saturated carbocycles. The Labute approximate surface area is 115 Å². The molecule has 1 aromatic heterocycles. The molecule has 1 unspecified atom stereocenters. The summed E-state index contributed by atoms with van der Waals surface area (Å²) < 4.78 is 0. The first kappa shape index (κ1) is 10.9. The summed E-state index contributed by atoms with van der Waals surface area (Å²) in [4.78, 5) is 9.44. The summed E-state index contributed by atoms with van der Waals surface area (Å²) in [5.41, 5.74) is 10.0. The summed E-state index contributed by atoms with van der Waals surface area (Å²) in [5.74, 6) is 1.02.